The first kappa shape index (κ1) is 12.4. The topological polar surface area (TPSA) is 63.6 Å². The first-order chi connectivity index (χ1) is 6.43. The van der Waals surface area contributed by atoms with E-state index in [4.69, 9.17) is 9.84 Å². The largest absolute Gasteiger partial charge is 0.481 e. The van der Waals surface area contributed by atoms with Crippen LogP contribution in [0.5, 0.6) is 0 Å². The second-order valence-electron chi connectivity index (χ2n) is 3.02. The Kier molecular flexibility index (Phi) is 5.29. The number of carboxylic acid groups (broad SMARTS) is 1. The number of rotatable bonds is 6. The average Bonchev–Trinajstić information content (AvgIpc) is 2.01. The van der Waals surface area contributed by atoms with Gasteiger partial charge in [-0.1, -0.05) is 12.2 Å². The normalized spacial score (nSPS) is 9.21. The van der Waals surface area contributed by atoms with Crippen molar-refractivity contribution in [2.75, 3.05) is 6.61 Å². The van der Waals surface area contributed by atoms with Gasteiger partial charge in [-0.25, -0.2) is 4.79 Å². The lowest BCUT2D eigenvalue weighted by Crippen LogP contribution is -2.11. The van der Waals surface area contributed by atoms with Gasteiger partial charge in [0.15, 0.2) is 0 Å². The quantitative estimate of drug-likeness (QED) is 0.399. The molecular formula is C10H14O4. The van der Waals surface area contributed by atoms with E-state index in [1.54, 1.807) is 0 Å². The second kappa shape index (κ2) is 5.96. The molecule has 0 amide bonds. The summed E-state index contributed by atoms with van der Waals surface area (Å²) in [6.07, 6.45) is 0.192. The van der Waals surface area contributed by atoms with Gasteiger partial charge in [-0.3, -0.25) is 4.79 Å². The Morgan fingerprint density at radius 1 is 1.36 bits per heavy atom. The molecule has 0 aliphatic carbocycles. The lowest BCUT2D eigenvalue weighted by Gasteiger charge is -2.04. The van der Waals surface area contributed by atoms with Crippen molar-refractivity contribution in [1.29, 1.82) is 0 Å². The molecule has 0 heterocycles. The van der Waals surface area contributed by atoms with Crippen LogP contribution in [0.2, 0.25) is 0 Å². The number of aliphatic carboxylic acids is 1. The Balaban J connectivity index is 3.79. The van der Waals surface area contributed by atoms with Crippen molar-refractivity contribution in [1.82, 2.24) is 0 Å². The summed E-state index contributed by atoms with van der Waals surface area (Å²) in [6, 6.07) is 0. The highest BCUT2D eigenvalue weighted by Gasteiger charge is 2.11. The molecule has 0 fully saturated rings. The van der Waals surface area contributed by atoms with Gasteiger partial charge in [-0.05, 0) is 6.92 Å². The Morgan fingerprint density at radius 2 is 1.93 bits per heavy atom. The van der Waals surface area contributed by atoms with Crippen molar-refractivity contribution in [3.63, 3.8) is 0 Å². The zero-order valence-electron chi connectivity index (χ0n) is 8.21. The Hall–Kier alpha value is -1.58. The molecule has 0 aromatic carbocycles. The highest BCUT2D eigenvalue weighted by atomic mass is 16.5. The number of carbonyl (C=O) groups is 2. The molecule has 0 spiro atoms. The molecule has 0 aliphatic heterocycles. The summed E-state index contributed by atoms with van der Waals surface area (Å²) in [5, 5.41) is 8.36. The van der Waals surface area contributed by atoms with E-state index in [2.05, 4.69) is 13.2 Å². The molecule has 0 aromatic heterocycles. The van der Waals surface area contributed by atoms with E-state index in [9.17, 15) is 9.59 Å². The van der Waals surface area contributed by atoms with E-state index in [1.165, 1.54) is 0 Å². The predicted molar refractivity (Wildman–Crippen MR) is 51.8 cm³/mol. The molecule has 0 aromatic rings. The van der Waals surface area contributed by atoms with Crippen molar-refractivity contribution in [3.8, 4) is 0 Å². The van der Waals surface area contributed by atoms with Crippen LogP contribution in [0.1, 0.15) is 19.8 Å². The lowest BCUT2D eigenvalue weighted by molar-refractivity contribution is -0.142. The molecule has 0 radical (unpaired) electrons. The molecule has 0 aliphatic rings. The van der Waals surface area contributed by atoms with E-state index >= 15 is 0 Å². The van der Waals surface area contributed by atoms with E-state index in [-0.39, 0.29) is 18.6 Å². The van der Waals surface area contributed by atoms with Crippen LogP contribution < -0.4 is 0 Å². The fraction of sp³-hybridized carbons (Fsp3) is 0.400. The molecule has 78 valence electrons. The van der Waals surface area contributed by atoms with Crippen LogP contribution in [0, 0.1) is 0 Å². The van der Waals surface area contributed by atoms with E-state index in [1.807, 2.05) is 6.92 Å². The summed E-state index contributed by atoms with van der Waals surface area (Å²) in [5.74, 6) is -1.75. The standard InChI is InChI=1S/C10H14O4/c1-7(2)4-5-14-10(13)8(3)6-9(11)12/h1,3-6H2,2H3,(H,11,12). The lowest BCUT2D eigenvalue weighted by atomic mass is 10.2. The molecule has 0 atom stereocenters. The van der Waals surface area contributed by atoms with Gasteiger partial charge in [0.1, 0.15) is 0 Å². The molecule has 0 rings (SSSR count). The van der Waals surface area contributed by atoms with Gasteiger partial charge in [0.25, 0.3) is 0 Å². The van der Waals surface area contributed by atoms with Crippen LogP contribution in [0.4, 0.5) is 0 Å². The fourth-order valence-electron chi connectivity index (χ4n) is 0.675. The molecule has 0 saturated heterocycles. The van der Waals surface area contributed by atoms with Crippen molar-refractivity contribution in [2.45, 2.75) is 19.8 Å². The third kappa shape index (κ3) is 5.99. The fourth-order valence-corrected chi connectivity index (χ4v) is 0.675. The highest BCUT2D eigenvalue weighted by molar-refractivity contribution is 5.92. The Labute approximate surface area is 82.9 Å². The summed E-state index contributed by atoms with van der Waals surface area (Å²) in [7, 11) is 0. The highest BCUT2D eigenvalue weighted by Crippen LogP contribution is 2.03. The molecule has 0 unspecified atom stereocenters. The van der Waals surface area contributed by atoms with E-state index in [0.717, 1.165) is 5.57 Å². The van der Waals surface area contributed by atoms with Crippen molar-refractivity contribution >= 4 is 11.9 Å². The van der Waals surface area contributed by atoms with Crippen LogP contribution in [-0.2, 0) is 14.3 Å². The molecular weight excluding hydrogens is 184 g/mol. The summed E-state index contributed by atoms with van der Waals surface area (Å²) in [4.78, 5) is 21.3. The summed E-state index contributed by atoms with van der Waals surface area (Å²) in [6.45, 7) is 8.99. The van der Waals surface area contributed by atoms with Gasteiger partial charge in [0.2, 0.25) is 0 Å². The zero-order chi connectivity index (χ0) is 11.1. The molecule has 4 nitrogen and oxygen atoms in total. The third-order valence-corrected chi connectivity index (χ3v) is 1.42. The first-order valence-corrected chi connectivity index (χ1v) is 4.14. The van der Waals surface area contributed by atoms with E-state index < -0.39 is 11.9 Å². The van der Waals surface area contributed by atoms with Gasteiger partial charge < -0.3 is 9.84 Å². The van der Waals surface area contributed by atoms with E-state index in [0.29, 0.717) is 6.42 Å². The zero-order valence-corrected chi connectivity index (χ0v) is 8.21. The van der Waals surface area contributed by atoms with Gasteiger partial charge in [0.05, 0.1) is 13.0 Å². The Bertz CT molecular complexity index is 265. The van der Waals surface area contributed by atoms with Crippen molar-refractivity contribution < 1.29 is 19.4 Å². The number of esters is 1. The maximum absolute atomic E-state index is 11.0. The first-order valence-electron chi connectivity index (χ1n) is 4.14. The number of carbonyl (C=O) groups excluding carboxylic acids is 1. The summed E-state index contributed by atoms with van der Waals surface area (Å²) < 4.78 is 4.75. The predicted octanol–water partition coefficient (Wildman–Crippen LogP) is 1.53. The maximum Gasteiger partial charge on any atom is 0.334 e. The minimum absolute atomic E-state index is 0.0424. The minimum Gasteiger partial charge on any atom is -0.481 e. The van der Waals surface area contributed by atoms with Crippen LogP contribution >= 0.6 is 0 Å². The SMILES string of the molecule is C=C(C)CCOC(=O)C(=C)CC(=O)O. The number of ether oxygens (including phenoxy) is 1. The monoisotopic (exact) mass is 198 g/mol. The molecule has 0 saturated carbocycles. The van der Waals surface area contributed by atoms with Gasteiger partial charge in [0, 0.05) is 12.0 Å². The molecule has 1 N–H and O–H groups in total. The average molecular weight is 198 g/mol. The summed E-state index contributed by atoms with van der Waals surface area (Å²) in [5.41, 5.74) is 0.862. The second-order valence-corrected chi connectivity index (χ2v) is 3.02. The number of hydrogen-bond acceptors (Lipinski definition) is 3. The molecule has 14 heavy (non-hydrogen) atoms. The van der Waals surface area contributed by atoms with Crippen molar-refractivity contribution in [3.05, 3.63) is 24.3 Å². The van der Waals surface area contributed by atoms with Gasteiger partial charge >= 0.3 is 11.9 Å². The minimum atomic E-state index is -1.09. The van der Waals surface area contributed by atoms with Crippen LogP contribution in [0.25, 0.3) is 0 Å². The number of hydrogen-bond donors (Lipinski definition) is 1. The van der Waals surface area contributed by atoms with Gasteiger partial charge in [-0.2, -0.15) is 0 Å². The number of carboxylic acids is 1. The molecule has 0 bridgehead atoms. The van der Waals surface area contributed by atoms with Crippen LogP contribution in [0.15, 0.2) is 24.3 Å². The van der Waals surface area contributed by atoms with Crippen LogP contribution in [-0.4, -0.2) is 23.7 Å². The smallest absolute Gasteiger partial charge is 0.334 e. The van der Waals surface area contributed by atoms with Crippen molar-refractivity contribution in [2.24, 2.45) is 0 Å². The summed E-state index contributed by atoms with van der Waals surface area (Å²) >= 11 is 0. The maximum atomic E-state index is 11.0. The van der Waals surface area contributed by atoms with Crippen LogP contribution in [0.3, 0.4) is 0 Å². The van der Waals surface area contributed by atoms with Gasteiger partial charge in [-0.15, -0.1) is 6.58 Å². The molecule has 4 heteroatoms. The Morgan fingerprint density at radius 3 is 2.36 bits per heavy atom. The third-order valence-electron chi connectivity index (χ3n) is 1.42.